The molecule has 1 aromatic heterocycles. The van der Waals surface area contributed by atoms with E-state index in [1.165, 1.54) is 13.0 Å². The zero-order valence-corrected chi connectivity index (χ0v) is 13.7. The first-order chi connectivity index (χ1) is 11.8. The molecule has 1 aliphatic rings. The quantitative estimate of drug-likeness (QED) is 0.695. The van der Waals surface area contributed by atoms with Gasteiger partial charge in [0.05, 0.1) is 6.54 Å². The molecule has 0 radical (unpaired) electrons. The molecular formula is C16H17N3O6. The van der Waals surface area contributed by atoms with Gasteiger partial charge in [0.1, 0.15) is 11.4 Å². The molecule has 0 aliphatic carbocycles. The lowest BCUT2D eigenvalue weighted by Crippen LogP contribution is -2.43. The number of fused-ring (bicyclic) bond motifs is 1. The fourth-order valence-electron chi connectivity index (χ4n) is 2.26. The van der Waals surface area contributed by atoms with Crippen LogP contribution in [0.3, 0.4) is 0 Å². The smallest absolute Gasteiger partial charge is 0.314 e. The van der Waals surface area contributed by atoms with Crippen molar-refractivity contribution in [1.82, 2.24) is 10.5 Å². The Bertz CT molecular complexity index is 814. The number of nitrogens with one attached hydrogen (secondary N) is 2. The van der Waals surface area contributed by atoms with Crippen LogP contribution in [0.5, 0.6) is 11.5 Å². The Balaban J connectivity index is 1.59. The lowest BCUT2D eigenvalue weighted by molar-refractivity contribution is -0.136. The van der Waals surface area contributed by atoms with Crippen molar-refractivity contribution in [2.75, 3.05) is 18.7 Å². The predicted octanol–water partition coefficient (Wildman–Crippen LogP) is 0.674. The number of aliphatic hydroxyl groups is 1. The minimum atomic E-state index is -1.40. The standard InChI is InChI=1S/C16H17N3O6/c1-9-5-13(19-25-9)18-15(21)14(20)17-7-16(2,22)10-3-4-11-12(6-10)24-8-23-11/h3-6,22H,7-8H2,1-2H3,(H,17,20)(H,18,19,21)/t16-/m1/s1. The normalized spacial score (nSPS) is 14.7. The second-order valence-corrected chi connectivity index (χ2v) is 5.80. The molecule has 2 heterocycles. The topological polar surface area (TPSA) is 123 Å². The lowest BCUT2D eigenvalue weighted by Gasteiger charge is -2.24. The van der Waals surface area contributed by atoms with Gasteiger partial charge in [-0.05, 0) is 31.5 Å². The number of hydrogen-bond acceptors (Lipinski definition) is 7. The van der Waals surface area contributed by atoms with Crippen molar-refractivity contribution >= 4 is 17.6 Å². The number of benzene rings is 1. The number of amides is 2. The van der Waals surface area contributed by atoms with Crippen LogP contribution in [0.2, 0.25) is 0 Å². The maximum Gasteiger partial charge on any atom is 0.314 e. The Labute approximate surface area is 142 Å². The highest BCUT2D eigenvalue weighted by molar-refractivity contribution is 6.39. The maximum absolute atomic E-state index is 11.9. The van der Waals surface area contributed by atoms with E-state index in [2.05, 4.69) is 15.8 Å². The molecule has 3 rings (SSSR count). The molecule has 0 saturated carbocycles. The van der Waals surface area contributed by atoms with E-state index in [-0.39, 0.29) is 19.2 Å². The molecule has 1 aromatic carbocycles. The Morgan fingerprint density at radius 2 is 2.00 bits per heavy atom. The molecule has 2 aromatic rings. The Morgan fingerprint density at radius 3 is 2.72 bits per heavy atom. The largest absolute Gasteiger partial charge is 0.454 e. The summed E-state index contributed by atoms with van der Waals surface area (Å²) in [5, 5.41) is 18.8. The molecule has 9 nitrogen and oxygen atoms in total. The third kappa shape index (κ3) is 3.72. The average molecular weight is 347 g/mol. The Kier molecular flexibility index (Phi) is 4.32. The summed E-state index contributed by atoms with van der Waals surface area (Å²) in [6.07, 6.45) is 0. The zero-order valence-electron chi connectivity index (χ0n) is 13.7. The van der Waals surface area contributed by atoms with E-state index in [9.17, 15) is 14.7 Å². The molecule has 0 unspecified atom stereocenters. The van der Waals surface area contributed by atoms with Crippen molar-refractivity contribution in [3.05, 3.63) is 35.6 Å². The van der Waals surface area contributed by atoms with Gasteiger partial charge >= 0.3 is 11.8 Å². The summed E-state index contributed by atoms with van der Waals surface area (Å²) in [6, 6.07) is 6.45. The molecule has 1 atom stereocenters. The number of carbonyl (C=O) groups is 2. The number of aromatic nitrogens is 1. The second-order valence-electron chi connectivity index (χ2n) is 5.80. The minimum Gasteiger partial charge on any atom is -0.454 e. The monoisotopic (exact) mass is 347 g/mol. The van der Waals surface area contributed by atoms with Gasteiger partial charge in [-0.3, -0.25) is 14.9 Å². The van der Waals surface area contributed by atoms with Crippen LogP contribution in [0.4, 0.5) is 5.82 Å². The molecule has 0 bridgehead atoms. The van der Waals surface area contributed by atoms with E-state index in [1.807, 2.05) is 0 Å². The van der Waals surface area contributed by atoms with Crippen LogP contribution in [0.1, 0.15) is 18.2 Å². The van der Waals surface area contributed by atoms with E-state index < -0.39 is 17.4 Å². The minimum absolute atomic E-state index is 0.124. The first-order valence-electron chi connectivity index (χ1n) is 7.50. The average Bonchev–Trinajstić information content (AvgIpc) is 3.20. The molecule has 3 N–H and O–H groups in total. The summed E-state index contributed by atoms with van der Waals surface area (Å²) in [5.41, 5.74) is -0.883. The van der Waals surface area contributed by atoms with Gasteiger partial charge in [0.25, 0.3) is 0 Å². The van der Waals surface area contributed by atoms with Gasteiger partial charge < -0.3 is 24.4 Å². The first-order valence-corrected chi connectivity index (χ1v) is 7.50. The van der Waals surface area contributed by atoms with E-state index in [0.717, 1.165) is 0 Å². The number of hydrogen-bond donors (Lipinski definition) is 3. The highest BCUT2D eigenvalue weighted by Crippen LogP contribution is 2.35. The van der Waals surface area contributed by atoms with E-state index in [1.54, 1.807) is 25.1 Å². The Hall–Kier alpha value is -3.07. The number of anilines is 1. The second kappa shape index (κ2) is 6.44. The summed E-state index contributed by atoms with van der Waals surface area (Å²) in [4.78, 5) is 23.7. The third-order valence-electron chi connectivity index (χ3n) is 3.66. The molecule has 2 amide bonds. The number of carbonyl (C=O) groups excluding carboxylic acids is 2. The molecule has 0 saturated heterocycles. The van der Waals surface area contributed by atoms with Crippen molar-refractivity contribution < 1.29 is 28.7 Å². The molecule has 25 heavy (non-hydrogen) atoms. The van der Waals surface area contributed by atoms with Crippen molar-refractivity contribution in [1.29, 1.82) is 0 Å². The molecule has 9 heteroatoms. The first kappa shape index (κ1) is 16.8. The van der Waals surface area contributed by atoms with Crippen LogP contribution < -0.4 is 20.1 Å². The predicted molar refractivity (Wildman–Crippen MR) is 85.0 cm³/mol. The van der Waals surface area contributed by atoms with Crippen LogP contribution >= 0.6 is 0 Å². The van der Waals surface area contributed by atoms with Gasteiger partial charge in [-0.25, -0.2) is 0 Å². The van der Waals surface area contributed by atoms with Crippen molar-refractivity contribution in [2.24, 2.45) is 0 Å². The molecule has 1 aliphatic heterocycles. The summed E-state index contributed by atoms with van der Waals surface area (Å²) in [5.74, 6) is -0.0628. The zero-order chi connectivity index (χ0) is 18.0. The highest BCUT2D eigenvalue weighted by Gasteiger charge is 2.28. The fraction of sp³-hybridized carbons (Fsp3) is 0.312. The van der Waals surface area contributed by atoms with Gasteiger partial charge in [-0.15, -0.1) is 0 Å². The van der Waals surface area contributed by atoms with Gasteiger partial charge in [0, 0.05) is 6.07 Å². The van der Waals surface area contributed by atoms with Crippen molar-refractivity contribution in [3.8, 4) is 11.5 Å². The van der Waals surface area contributed by atoms with E-state index in [0.29, 0.717) is 22.8 Å². The number of aryl methyl sites for hydroxylation is 1. The van der Waals surface area contributed by atoms with Crippen LogP contribution in [0.25, 0.3) is 0 Å². The van der Waals surface area contributed by atoms with E-state index >= 15 is 0 Å². The van der Waals surface area contributed by atoms with Crippen molar-refractivity contribution in [3.63, 3.8) is 0 Å². The summed E-state index contributed by atoms with van der Waals surface area (Å²) < 4.78 is 15.3. The van der Waals surface area contributed by atoms with Gasteiger partial charge in [0.2, 0.25) is 6.79 Å². The number of rotatable bonds is 4. The Morgan fingerprint density at radius 1 is 1.24 bits per heavy atom. The summed E-state index contributed by atoms with van der Waals surface area (Å²) in [6.45, 7) is 3.13. The molecule has 132 valence electrons. The lowest BCUT2D eigenvalue weighted by atomic mass is 9.95. The van der Waals surface area contributed by atoms with Gasteiger partial charge in [0.15, 0.2) is 17.3 Å². The van der Waals surface area contributed by atoms with Crippen LogP contribution in [0.15, 0.2) is 28.8 Å². The van der Waals surface area contributed by atoms with Crippen LogP contribution in [0, 0.1) is 6.92 Å². The summed E-state index contributed by atoms with van der Waals surface area (Å²) >= 11 is 0. The third-order valence-corrected chi connectivity index (χ3v) is 3.66. The summed E-state index contributed by atoms with van der Waals surface area (Å²) in [7, 11) is 0. The molecule has 0 spiro atoms. The molecule has 0 fully saturated rings. The van der Waals surface area contributed by atoms with Crippen LogP contribution in [-0.2, 0) is 15.2 Å². The highest BCUT2D eigenvalue weighted by atomic mass is 16.7. The van der Waals surface area contributed by atoms with Crippen LogP contribution in [-0.4, -0.2) is 35.4 Å². The number of ether oxygens (including phenoxy) is 2. The SMILES string of the molecule is Cc1cc(NC(=O)C(=O)NC[C@@](C)(O)c2ccc3c(c2)OCO3)no1. The maximum atomic E-state index is 11.9. The molecular weight excluding hydrogens is 330 g/mol. The number of nitrogens with zero attached hydrogens (tertiary/aromatic N) is 1. The van der Waals surface area contributed by atoms with Crippen molar-refractivity contribution in [2.45, 2.75) is 19.4 Å². The fourth-order valence-corrected chi connectivity index (χ4v) is 2.26. The van der Waals surface area contributed by atoms with Gasteiger partial charge in [-0.1, -0.05) is 11.2 Å². The van der Waals surface area contributed by atoms with Gasteiger partial charge in [-0.2, -0.15) is 0 Å². The van der Waals surface area contributed by atoms with E-state index in [4.69, 9.17) is 14.0 Å².